The molecule has 1 aliphatic heterocycles. The molecule has 0 fully saturated rings. The van der Waals surface area contributed by atoms with Crippen molar-refractivity contribution in [1.82, 2.24) is 30.2 Å². The predicted molar refractivity (Wildman–Crippen MR) is 68.2 cm³/mol. The first-order chi connectivity index (χ1) is 9.33. The van der Waals surface area contributed by atoms with Crippen molar-refractivity contribution in [3.63, 3.8) is 0 Å². The monoisotopic (exact) mass is 260 g/mol. The first-order valence-corrected chi connectivity index (χ1v) is 6.31. The van der Waals surface area contributed by atoms with E-state index in [2.05, 4.69) is 25.6 Å². The Morgan fingerprint density at radius 3 is 3.37 bits per heavy atom. The lowest BCUT2D eigenvalue weighted by atomic mass is 10.0. The van der Waals surface area contributed by atoms with Gasteiger partial charge >= 0.3 is 0 Å². The van der Waals surface area contributed by atoms with Gasteiger partial charge in [0.2, 0.25) is 5.91 Å². The van der Waals surface area contributed by atoms with Gasteiger partial charge in [-0.25, -0.2) is 9.97 Å². The van der Waals surface area contributed by atoms with Gasteiger partial charge in [0, 0.05) is 38.4 Å². The number of hydrogen-bond donors (Lipinski definition) is 3. The molecule has 1 atom stereocenters. The van der Waals surface area contributed by atoms with Crippen LogP contribution in [0.4, 0.5) is 0 Å². The molecule has 0 aliphatic carbocycles. The number of nitrogens with zero attached hydrogens (tertiary/aromatic N) is 3. The van der Waals surface area contributed by atoms with Crippen LogP contribution in [-0.4, -0.2) is 38.0 Å². The van der Waals surface area contributed by atoms with Gasteiger partial charge in [0.1, 0.15) is 0 Å². The maximum absolute atomic E-state index is 12.0. The molecule has 7 heteroatoms. The van der Waals surface area contributed by atoms with Crippen LogP contribution in [0.15, 0.2) is 25.0 Å². The van der Waals surface area contributed by atoms with E-state index in [1.54, 1.807) is 18.9 Å². The van der Waals surface area contributed by atoms with Gasteiger partial charge in [0.05, 0.1) is 30.1 Å². The number of aromatic amines is 1. The van der Waals surface area contributed by atoms with Crippen molar-refractivity contribution in [3.05, 3.63) is 36.4 Å². The summed E-state index contributed by atoms with van der Waals surface area (Å²) >= 11 is 0. The Labute approximate surface area is 110 Å². The summed E-state index contributed by atoms with van der Waals surface area (Å²) in [5.74, 6) is 0.0220. The second-order valence-corrected chi connectivity index (χ2v) is 4.56. The lowest BCUT2D eigenvalue weighted by Gasteiger charge is -2.22. The normalized spacial score (nSPS) is 18.0. The molecule has 0 bridgehead atoms. The third-order valence-corrected chi connectivity index (χ3v) is 3.28. The maximum Gasteiger partial charge on any atom is 0.237 e. The van der Waals surface area contributed by atoms with E-state index in [9.17, 15) is 4.79 Å². The van der Waals surface area contributed by atoms with Gasteiger partial charge in [-0.3, -0.25) is 10.1 Å². The average Bonchev–Trinajstić information content (AvgIpc) is 3.08. The van der Waals surface area contributed by atoms with Crippen LogP contribution in [0.1, 0.15) is 11.4 Å². The number of nitrogens with one attached hydrogen (secondary N) is 3. The molecule has 1 aliphatic rings. The van der Waals surface area contributed by atoms with E-state index in [4.69, 9.17) is 0 Å². The van der Waals surface area contributed by atoms with Crippen LogP contribution in [-0.2, 0) is 24.3 Å². The van der Waals surface area contributed by atoms with Gasteiger partial charge in [-0.1, -0.05) is 0 Å². The first-order valence-electron chi connectivity index (χ1n) is 6.31. The number of amides is 1. The molecule has 1 unspecified atom stereocenters. The van der Waals surface area contributed by atoms with Crippen LogP contribution in [0.3, 0.4) is 0 Å². The summed E-state index contributed by atoms with van der Waals surface area (Å²) in [7, 11) is 0. The summed E-state index contributed by atoms with van der Waals surface area (Å²) in [4.78, 5) is 23.3. The summed E-state index contributed by atoms with van der Waals surface area (Å²) < 4.78 is 1.93. The molecule has 7 nitrogen and oxygen atoms in total. The summed E-state index contributed by atoms with van der Waals surface area (Å²) in [5.41, 5.74) is 2.05. The van der Waals surface area contributed by atoms with Crippen LogP contribution in [0, 0.1) is 0 Å². The third-order valence-electron chi connectivity index (χ3n) is 3.28. The van der Waals surface area contributed by atoms with Crippen LogP contribution in [0.25, 0.3) is 0 Å². The molecule has 100 valence electrons. The van der Waals surface area contributed by atoms with Crippen molar-refractivity contribution in [3.8, 4) is 0 Å². The fourth-order valence-electron chi connectivity index (χ4n) is 2.20. The minimum atomic E-state index is -0.196. The number of fused-ring (bicyclic) bond motifs is 1. The minimum Gasteiger partial charge on any atom is -0.353 e. The second-order valence-electron chi connectivity index (χ2n) is 4.56. The molecule has 1 amide bonds. The lowest BCUT2D eigenvalue weighted by molar-refractivity contribution is -0.123. The number of rotatable bonds is 4. The van der Waals surface area contributed by atoms with E-state index in [1.807, 2.05) is 10.8 Å². The second kappa shape index (κ2) is 5.23. The number of carbonyl (C=O) groups excluding carboxylic acids is 1. The van der Waals surface area contributed by atoms with E-state index in [0.29, 0.717) is 19.5 Å². The quantitative estimate of drug-likeness (QED) is 0.687. The molecule has 3 heterocycles. The van der Waals surface area contributed by atoms with E-state index >= 15 is 0 Å². The molecule has 0 saturated carbocycles. The molecule has 0 spiro atoms. The van der Waals surface area contributed by atoms with Gasteiger partial charge < -0.3 is 14.9 Å². The van der Waals surface area contributed by atoms with Gasteiger partial charge in [0.15, 0.2) is 0 Å². The Kier molecular flexibility index (Phi) is 3.28. The lowest BCUT2D eigenvalue weighted by Crippen LogP contribution is -2.48. The minimum absolute atomic E-state index is 0.0220. The molecule has 0 aromatic carbocycles. The van der Waals surface area contributed by atoms with Crippen LogP contribution in [0.2, 0.25) is 0 Å². The molecule has 3 rings (SSSR count). The fourth-order valence-corrected chi connectivity index (χ4v) is 2.20. The molecule has 2 aromatic rings. The highest BCUT2D eigenvalue weighted by Gasteiger charge is 2.25. The van der Waals surface area contributed by atoms with Gasteiger partial charge in [-0.15, -0.1) is 0 Å². The SMILES string of the molecule is O=C(NCCn1ccnc1)C1Cc2nc[nH]c2CN1. The fraction of sp³-hybridized carbons (Fsp3) is 0.417. The molecule has 3 N–H and O–H groups in total. The third kappa shape index (κ3) is 2.65. The van der Waals surface area contributed by atoms with Crippen molar-refractivity contribution in [1.29, 1.82) is 0 Å². The van der Waals surface area contributed by atoms with Crippen LogP contribution in [0.5, 0.6) is 0 Å². The molecular weight excluding hydrogens is 244 g/mol. The maximum atomic E-state index is 12.0. The van der Waals surface area contributed by atoms with Gasteiger partial charge in [0.25, 0.3) is 0 Å². The van der Waals surface area contributed by atoms with Gasteiger partial charge in [-0.05, 0) is 0 Å². The average molecular weight is 260 g/mol. The van der Waals surface area contributed by atoms with E-state index < -0.39 is 0 Å². The Hall–Kier alpha value is -2.15. The number of H-pyrrole nitrogens is 1. The van der Waals surface area contributed by atoms with Crippen molar-refractivity contribution < 1.29 is 4.79 Å². The van der Waals surface area contributed by atoms with Crippen molar-refractivity contribution in [2.75, 3.05) is 6.54 Å². The Morgan fingerprint density at radius 1 is 1.58 bits per heavy atom. The molecular formula is C12H16N6O. The highest BCUT2D eigenvalue weighted by molar-refractivity contribution is 5.82. The highest BCUT2D eigenvalue weighted by Crippen LogP contribution is 2.11. The van der Waals surface area contributed by atoms with Gasteiger partial charge in [-0.2, -0.15) is 0 Å². The Bertz CT molecular complexity index is 546. The zero-order chi connectivity index (χ0) is 13.1. The summed E-state index contributed by atoms with van der Waals surface area (Å²) in [5, 5.41) is 6.13. The van der Waals surface area contributed by atoms with E-state index in [0.717, 1.165) is 17.9 Å². The summed E-state index contributed by atoms with van der Waals surface area (Å²) in [6, 6.07) is -0.196. The van der Waals surface area contributed by atoms with Crippen LogP contribution >= 0.6 is 0 Å². The molecule has 19 heavy (non-hydrogen) atoms. The molecule has 0 radical (unpaired) electrons. The zero-order valence-electron chi connectivity index (χ0n) is 10.5. The predicted octanol–water partition coefficient (Wildman–Crippen LogP) is -0.563. The molecule has 0 saturated heterocycles. The standard InChI is InChI=1S/C12H16N6O/c19-12(14-2-4-18-3-1-13-8-18)10-5-9-11(6-15-10)17-7-16-9/h1,3,7-8,10,15H,2,4-6H2,(H,14,19)(H,16,17). The van der Waals surface area contributed by atoms with E-state index in [1.165, 1.54) is 0 Å². The summed E-state index contributed by atoms with van der Waals surface area (Å²) in [6.07, 6.45) is 7.65. The topological polar surface area (TPSA) is 87.6 Å². The van der Waals surface area contributed by atoms with Crippen LogP contribution < -0.4 is 10.6 Å². The number of imidazole rings is 2. The van der Waals surface area contributed by atoms with Crippen molar-refractivity contribution in [2.24, 2.45) is 0 Å². The molecule has 2 aromatic heterocycles. The van der Waals surface area contributed by atoms with E-state index in [-0.39, 0.29) is 11.9 Å². The number of aromatic nitrogens is 4. The zero-order valence-corrected chi connectivity index (χ0v) is 10.5. The smallest absolute Gasteiger partial charge is 0.237 e. The highest BCUT2D eigenvalue weighted by atomic mass is 16.2. The largest absolute Gasteiger partial charge is 0.353 e. The van der Waals surface area contributed by atoms with Crippen molar-refractivity contribution in [2.45, 2.75) is 25.6 Å². The Balaban J connectivity index is 1.49. The number of carbonyl (C=O) groups is 1. The van der Waals surface area contributed by atoms with Crippen molar-refractivity contribution >= 4 is 5.91 Å². The summed E-state index contributed by atoms with van der Waals surface area (Å²) in [6.45, 7) is 1.99. The first kappa shape index (κ1) is 11.9. The Morgan fingerprint density at radius 2 is 2.53 bits per heavy atom. The number of hydrogen-bond acceptors (Lipinski definition) is 4.